The first-order valence-electron chi connectivity index (χ1n) is 9.64. The number of ether oxygens (including phenoxy) is 1. The molecule has 0 atom stereocenters. The van der Waals surface area contributed by atoms with Crippen LogP contribution in [0.25, 0.3) is 10.8 Å². The third-order valence-corrected chi connectivity index (χ3v) is 6.68. The summed E-state index contributed by atoms with van der Waals surface area (Å²) >= 11 is 0. The van der Waals surface area contributed by atoms with Gasteiger partial charge in [-0.05, 0) is 65.9 Å². The number of nitrogens with zero attached hydrogens (tertiary/aromatic N) is 2. The van der Waals surface area contributed by atoms with Gasteiger partial charge in [0.05, 0.1) is 16.3 Å². The van der Waals surface area contributed by atoms with Crippen LogP contribution >= 0.6 is 0 Å². The van der Waals surface area contributed by atoms with Crippen molar-refractivity contribution in [2.45, 2.75) is 24.7 Å². The highest BCUT2D eigenvalue weighted by atomic mass is 32.2. The number of benzene rings is 3. The fraction of sp³-hybridized carbons (Fsp3) is 0.130. The molecule has 1 aliphatic carbocycles. The number of hydrogen-bond acceptors (Lipinski definition) is 5. The summed E-state index contributed by atoms with van der Waals surface area (Å²) in [7, 11) is -3.74. The van der Waals surface area contributed by atoms with Crippen molar-refractivity contribution in [2.24, 2.45) is 0 Å². The molecule has 1 N–H and O–H groups in total. The van der Waals surface area contributed by atoms with Gasteiger partial charge in [0.15, 0.2) is 0 Å². The summed E-state index contributed by atoms with van der Waals surface area (Å²) in [4.78, 5) is 0.329. The topological polar surface area (TPSA) is 81.2 Å². The molecule has 3 aromatic carbocycles. The second-order valence-corrected chi connectivity index (χ2v) is 8.96. The first-order valence-corrected chi connectivity index (χ1v) is 11.1. The molecule has 7 heteroatoms. The van der Waals surface area contributed by atoms with Gasteiger partial charge in [-0.3, -0.25) is 4.72 Å². The smallest absolute Gasteiger partial charge is 0.262 e. The number of sulfonamides is 1. The van der Waals surface area contributed by atoms with Crippen LogP contribution in [0.2, 0.25) is 0 Å². The first kappa shape index (κ1) is 18.6. The maximum atomic E-state index is 13.2. The zero-order valence-corrected chi connectivity index (χ0v) is 17.1. The predicted octanol–water partition coefficient (Wildman–Crippen LogP) is 4.63. The molecule has 4 aromatic rings. The Morgan fingerprint density at radius 2 is 1.80 bits per heavy atom. The van der Waals surface area contributed by atoms with E-state index in [1.54, 1.807) is 42.5 Å². The number of anilines is 1. The van der Waals surface area contributed by atoms with Crippen molar-refractivity contribution in [2.75, 3.05) is 4.72 Å². The summed E-state index contributed by atoms with van der Waals surface area (Å²) in [5, 5.41) is 10.1. The molecule has 6 nitrogen and oxygen atoms in total. The van der Waals surface area contributed by atoms with E-state index < -0.39 is 10.0 Å². The van der Waals surface area contributed by atoms with E-state index in [9.17, 15) is 8.42 Å². The molecule has 150 valence electrons. The van der Waals surface area contributed by atoms with E-state index in [4.69, 9.17) is 4.74 Å². The first-order chi connectivity index (χ1) is 14.5. The molecule has 1 aliphatic rings. The molecule has 0 fully saturated rings. The lowest BCUT2D eigenvalue weighted by molar-refractivity contribution is 0.454. The zero-order valence-electron chi connectivity index (χ0n) is 16.3. The number of aryl methyl sites for hydroxylation is 3. The van der Waals surface area contributed by atoms with Crippen molar-refractivity contribution < 1.29 is 13.2 Å². The summed E-state index contributed by atoms with van der Waals surface area (Å²) in [6.07, 6.45) is 1.59. The number of hydrogen-bond donors (Lipinski definition) is 1. The van der Waals surface area contributed by atoms with E-state index in [-0.39, 0.29) is 0 Å². The molecular formula is C23H19N3O3S. The van der Waals surface area contributed by atoms with Gasteiger partial charge in [0.25, 0.3) is 10.0 Å². The summed E-state index contributed by atoms with van der Waals surface area (Å²) in [5.41, 5.74) is 3.30. The van der Waals surface area contributed by atoms with Crippen LogP contribution in [0.4, 0.5) is 5.69 Å². The number of aromatic nitrogens is 2. The van der Waals surface area contributed by atoms with Crippen LogP contribution in [0.1, 0.15) is 16.8 Å². The Hall–Kier alpha value is -3.45. The van der Waals surface area contributed by atoms with Crippen molar-refractivity contribution in [1.29, 1.82) is 0 Å². The maximum Gasteiger partial charge on any atom is 0.262 e. The summed E-state index contributed by atoms with van der Waals surface area (Å²) in [6.45, 7) is 1.84. The minimum Gasteiger partial charge on any atom is -0.437 e. The Kier molecular flexibility index (Phi) is 4.40. The minimum atomic E-state index is -3.74. The molecule has 0 saturated heterocycles. The van der Waals surface area contributed by atoms with E-state index >= 15 is 0 Å². The number of nitrogens with one attached hydrogen (secondary N) is 1. The number of rotatable bonds is 5. The lowest BCUT2D eigenvalue weighted by Gasteiger charge is -2.13. The van der Waals surface area contributed by atoms with Crippen LogP contribution in [0.5, 0.6) is 11.6 Å². The highest BCUT2D eigenvalue weighted by Gasteiger charge is 2.25. The van der Waals surface area contributed by atoms with Crippen LogP contribution in [0.15, 0.2) is 71.6 Å². The highest BCUT2D eigenvalue weighted by Crippen LogP contribution is 2.35. The van der Waals surface area contributed by atoms with Crippen molar-refractivity contribution >= 4 is 26.5 Å². The SMILES string of the molecule is Cc1ccc(Oc2cccc(NS(=O)(=O)c3ccc4cccc5c4c3CC5)c2)nn1. The van der Waals surface area contributed by atoms with Gasteiger partial charge in [0.1, 0.15) is 5.75 Å². The minimum absolute atomic E-state index is 0.329. The van der Waals surface area contributed by atoms with Gasteiger partial charge in [-0.1, -0.05) is 30.3 Å². The Morgan fingerprint density at radius 3 is 2.63 bits per heavy atom. The normalized spacial score (nSPS) is 12.8. The van der Waals surface area contributed by atoms with Gasteiger partial charge >= 0.3 is 0 Å². The Labute approximate surface area is 174 Å². The summed E-state index contributed by atoms with van der Waals surface area (Å²) in [6, 6.07) is 20.0. The fourth-order valence-electron chi connectivity index (χ4n) is 3.88. The Bertz CT molecular complexity index is 1370. The van der Waals surface area contributed by atoms with Crippen molar-refractivity contribution in [1.82, 2.24) is 10.2 Å². The quantitative estimate of drug-likeness (QED) is 0.512. The molecule has 0 saturated carbocycles. The molecule has 0 radical (unpaired) electrons. The molecule has 1 heterocycles. The maximum absolute atomic E-state index is 13.2. The van der Waals surface area contributed by atoms with Crippen LogP contribution in [-0.2, 0) is 22.9 Å². The molecule has 5 rings (SSSR count). The second-order valence-electron chi connectivity index (χ2n) is 7.31. The third-order valence-electron chi connectivity index (χ3n) is 5.21. The standard InChI is InChI=1S/C23H19N3O3S/c1-15-8-13-22(25-24-15)29-19-7-3-6-18(14-19)26-30(27,28)21-12-10-17-5-2-4-16-9-11-20(21)23(16)17/h2-8,10,12-14,26H,9,11H2,1H3. The largest absolute Gasteiger partial charge is 0.437 e. The van der Waals surface area contributed by atoms with E-state index in [0.29, 0.717) is 22.2 Å². The Balaban J connectivity index is 1.45. The van der Waals surface area contributed by atoms with Crippen LogP contribution in [0.3, 0.4) is 0 Å². The molecule has 0 amide bonds. The van der Waals surface area contributed by atoms with Crippen molar-refractivity contribution in [3.63, 3.8) is 0 Å². The van der Waals surface area contributed by atoms with Gasteiger partial charge in [-0.25, -0.2) is 8.42 Å². The van der Waals surface area contributed by atoms with Crippen molar-refractivity contribution in [3.8, 4) is 11.6 Å². The zero-order chi connectivity index (χ0) is 20.7. The van der Waals surface area contributed by atoms with Crippen LogP contribution in [0, 0.1) is 6.92 Å². The molecular weight excluding hydrogens is 398 g/mol. The molecule has 1 aromatic heterocycles. The average molecular weight is 417 g/mol. The van der Waals surface area contributed by atoms with E-state index in [1.807, 2.05) is 25.1 Å². The van der Waals surface area contributed by atoms with E-state index in [1.165, 1.54) is 5.56 Å². The predicted molar refractivity (Wildman–Crippen MR) is 115 cm³/mol. The molecule has 0 bridgehead atoms. The van der Waals surface area contributed by atoms with E-state index in [2.05, 4.69) is 21.0 Å². The lowest BCUT2D eigenvalue weighted by Crippen LogP contribution is -2.14. The average Bonchev–Trinajstić information content (AvgIpc) is 3.16. The molecule has 0 aliphatic heterocycles. The van der Waals surface area contributed by atoms with Gasteiger partial charge in [0.2, 0.25) is 5.88 Å². The molecule has 0 unspecified atom stereocenters. The second kappa shape index (κ2) is 7.11. The fourth-order valence-corrected chi connectivity index (χ4v) is 5.20. The van der Waals surface area contributed by atoms with Crippen LogP contribution in [-0.4, -0.2) is 18.6 Å². The monoisotopic (exact) mass is 417 g/mol. The van der Waals surface area contributed by atoms with Crippen molar-refractivity contribution in [3.05, 3.63) is 83.6 Å². The summed E-state index contributed by atoms with van der Waals surface area (Å²) in [5.74, 6) is 0.814. The van der Waals surface area contributed by atoms with Gasteiger partial charge in [-0.2, -0.15) is 5.10 Å². The van der Waals surface area contributed by atoms with E-state index in [0.717, 1.165) is 34.9 Å². The van der Waals surface area contributed by atoms with Gasteiger partial charge in [0, 0.05) is 12.1 Å². The van der Waals surface area contributed by atoms with Gasteiger partial charge < -0.3 is 4.74 Å². The molecule has 30 heavy (non-hydrogen) atoms. The van der Waals surface area contributed by atoms with Crippen LogP contribution < -0.4 is 9.46 Å². The summed E-state index contributed by atoms with van der Waals surface area (Å²) < 4.78 is 34.7. The highest BCUT2D eigenvalue weighted by molar-refractivity contribution is 7.92. The van der Waals surface area contributed by atoms with Gasteiger partial charge in [-0.15, -0.1) is 5.10 Å². The Morgan fingerprint density at radius 1 is 0.933 bits per heavy atom. The third kappa shape index (κ3) is 3.37. The molecule has 0 spiro atoms. The lowest BCUT2D eigenvalue weighted by atomic mass is 10.1.